The van der Waals surface area contributed by atoms with Gasteiger partial charge in [-0.15, -0.1) is 11.3 Å². The Bertz CT molecular complexity index is 503. The average Bonchev–Trinajstić information content (AvgIpc) is 2.66. The molecule has 0 aromatic carbocycles. The maximum absolute atomic E-state index is 5.92. The second-order valence-electron chi connectivity index (χ2n) is 2.92. The van der Waals surface area contributed by atoms with E-state index in [0.717, 1.165) is 4.47 Å². The Morgan fingerprint density at radius 1 is 1.44 bits per heavy atom. The van der Waals surface area contributed by atoms with Gasteiger partial charge in [-0.2, -0.15) is 4.98 Å². The minimum atomic E-state index is 0.180. The molecule has 7 heteroatoms. The molecule has 0 fully saturated rings. The summed E-state index contributed by atoms with van der Waals surface area (Å²) >= 11 is 16.6. The summed E-state index contributed by atoms with van der Waals surface area (Å²) in [6.45, 7) is 0.656. The third-order valence-electron chi connectivity index (χ3n) is 1.77. The molecule has 2 aromatic heterocycles. The molecule has 16 heavy (non-hydrogen) atoms. The standard InChI is InChI=1S/C9H6BrCl2N3S/c10-5-1-6(16-4-5)2-13-8-7(11)3-14-9(12)15-8/h1,3-4H,2H2,(H,13,14,15). The van der Waals surface area contributed by atoms with Gasteiger partial charge in [-0.1, -0.05) is 11.6 Å². The summed E-state index contributed by atoms with van der Waals surface area (Å²) in [6.07, 6.45) is 1.48. The van der Waals surface area contributed by atoms with Gasteiger partial charge >= 0.3 is 0 Å². The molecule has 0 aliphatic rings. The summed E-state index contributed by atoms with van der Waals surface area (Å²) in [6, 6.07) is 2.04. The van der Waals surface area contributed by atoms with E-state index in [4.69, 9.17) is 23.2 Å². The predicted octanol–water partition coefficient (Wildman–Crippen LogP) is 4.22. The number of rotatable bonds is 3. The lowest BCUT2D eigenvalue weighted by Gasteiger charge is -2.05. The van der Waals surface area contributed by atoms with E-state index in [9.17, 15) is 0 Å². The lowest BCUT2D eigenvalue weighted by molar-refractivity contribution is 1.10. The van der Waals surface area contributed by atoms with Crippen molar-refractivity contribution in [3.05, 3.63) is 37.3 Å². The van der Waals surface area contributed by atoms with Crippen molar-refractivity contribution in [2.24, 2.45) is 0 Å². The highest BCUT2D eigenvalue weighted by Gasteiger charge is 2.04. The monoisotopic (exact) mass is 337 g/mol. The molecule has 1 N–H and O–H groups in total. The highest BCUT2D eigenvalue weighted by molar-refractivity contribution is 9.10. The van der Waals surface area contributed by atoms with E-state index in [1.165, 1.54) is 11.1 Å². The Morgan fingerprint density at radius 2 is 2.25 bits per heavy atom. The van der Waals surface area contributed by atoms with Crippen LogP contribution in [0.25, 0.3) is 0 Å². The van der Waals surface area contributed by atoms with Crippen LogP contribution in [0, 0.1) is 0 Å². The van der Waals surface area contributed by atoms with Crippen molar-refractivity contribution >= 4 is 56.3 Å². The van der Waals surface area contributed by atoms with Crippen molar-refractivity contribution in [1.29, 1.82) is 0 Å². The van der Waals surface area contributed by atoms with Crippen molar-refractivity contribution in [3.63, 3.8) is 0 Å². The van der Waals surface area contributed by atoms with Crippen LogP contribution in [0.1, 0.15) is 4.88 Å². The second kappa shape index (κ2) is 5.31. The molecule has 2 aromatic rings. The van der Waals surface area contributed by atoms with E-state index in [-0.39, 0.29) is 5.28 Å². The highest BCUT2D eigenvalue weighted by Crippen LogP contribution is 2.23. The van der Waals surface area contributed by atoms with Crippen LogP contribution >= 0.6 is 50.5 Å². The molecule has 2 heterocycles. The van der Waals surface area contributed by atoms with E-state index >= 15 is 0 Å². The van der Waals surface area contributed by atoms with Crippen molar-refractivity contribution in [2.45, 2.75) is 6.54 Å². The van der Waals surface area contributed by atoms with Crippen LogP contribution in [-0.2, 0) is 6.54 Å². The van der Waals surface area contributed by atoms with Gasteiger partial charge in [0.05, 0.1) is 12.7 Å². The van der Waals surface area contributed by atoms with Crippen LogP contribution < -0.4 is 5.32 Å². The van der Waals surface area contributed by atoms with E-state index in [1.54, 1.807) is 11.3 Å². The van der Waals surface area contributed by atoms with Crippen LogP contribution in [0.4, 0.5) is 5.82 Å². The number of nitrogens with zero attached hydrogens (tertiary/aromatic N) is 2. The van der Waals surface area contributed by atoms with Crippen molar-refractivity contribution in [1.82, 2.24) is 9.97 Å². The van der Waals surface area contributed by atoms with Gasteiger partial charge in [-0.3, -0.25) is 0 Å². The van der Waals surface area contributed by atoms with Crippen molar-refractivity contribution < 1.29 is 0 Å². The number of aromatic nitrogens is 2. The predicted molar refractivity (Wildman–Crippen MR) is 71.4 cm³/mol. The molecule has 0 aliphatic heterocycles. The first-order valence-electron chi connectivity index (χ1n) is 4.30. The maximum Gasteiger partial charge on any atom is 0.224 e. The summed E-state index contributed by atoms with van der Waals surface area (Å²) in [5, 5.41) is 5.76. The van der Waals surface area contributed by atoms with Gasteiger partial charge in [0.25, 0.3) is 0 Å². The van der Waals surface area contributed by atoms with Gasteiger partial charge < -0.3 is 5.32 Å². The van der Waals surface area contributed by atoms with Crippen molar-refractivity contribution in [2.75, 3.05) is 5.32 Å². The molecule has 84 valence electrons. The lowest BCUT2D eigenvalue weighted by atomic mass is 10.4. The molecule has 2 rings (SSSR count). The third-order valence-corrected chi connectivity index (χ3v) is 3.92. The molecular weight excluding hydrogens is 333 g/mol. The van der Waals surface area contributed by atoms with Gasteiger partial charge in [0.1, 0.15) is 10.8 Å². The summed E-state index contributed by atoms with van der Waals surface area (Å²) in [4.78, 5) is 8.95. The van der Waals surface area contributed by atoms with Crippen LogP contribution in [-0.4, -0.2) is 9.97 Å². The molecule has 3 nitrogen and oxygen atoms in total. The van der Waals surface area contributed by atoms with Crippen LogP contribution in [0.5, 0.6) is 0 Å². The van der Waals surface area contributed by atoms with Gasteiger partial charge in [-0.25, -0.2) is 4.98 Å². The Morgan fingerprint density at radius 3 is 2.94 bits per heavy atom. The normalized spacial score (nSPS) is 10.4. The molecule has 0 aliphatic carbocycles. The van der Waals surface area contributed by atoms with Crippen LogP contribution in [0.15, 0.2) is 22.1 Å². The molecule has 0 unspecified atom stereocenters. The number of hydrogen-bond acceptors (Lipinski definition) is 4. The number of halogens is 3. The maximum atomic E-state index is 5.92. The molecule has 0 spiro atoms. The SMILES string of the molecule is Clc1ncc(Cl)c(NCc2cc(Br)cs2)n1. The average molecular weight is 339 g/mol. The number of nitrogens with one attached hydrogen (secondary N) is 1. The second-order valence-corrected chi connectivity index (χ2v) is 5.58. The molecule has 0 saturated carbocycles. The smallest absolute Gasteiger partial charge is 0.224 e. The summed E-state index contributed by atoms with van der Waals surface area (Å²) in [5.41, 5.74) is 0. The summed E-state index contributed by atoms with van der Waals surface area (Å²) in [5.74, 6) is 0.547. The molecule has 0 atom stereocenters. The lowest BCUT2D eigenvalue weighted by Crippen LogP contribution is -2.01. The summed E-state index contributed by atoms with van der Waals surface area (Å²) < 4.78 is 1.07. The van der Waals surface area contributed by atoms with Crippen molar-refractivity contribution in [3.8, 4) is 0 Å². The van der Waals surface area contributed by atoms with Gasteiger partial charge in [0, 0.05) is 14.7 Å². The molecule has 0 radical (unpaired) electrons. The zero-order chi connectivity index (χ0) is 11.5. The van der Waals surface area contributed by atoms with Crippen LogP contribution in [0.2, 0.25) is 10.3 Å². The topological polar surface area (TPSA) is 37.8 Å². The Kier molecular flexibility index (Phi) is 4.02. The van der Waals surface area contributed by atoms with Gasteiger partial charge in [-0.05, 0) is 33.6 Å². The first-order chi connectivity index (χ1) is 7.65. The minimum Gasteiger partial charge on any atom is -0.364 e. The quantitative estimate of drug-likeness (QED) is 0.851. The number of anilines is 1. The third kappa shape index (κ3) is 3.07. The molecular formula is C9H6BrCl2N3S. The fraction of sp³-hybridized carbons (Fsp3) is 0.111. The molecule has 0 amide bonds. The first-order valence-corrected chi connectivity index (χ1v) is 6.73. The summed E-state index contributed by atoms with van der Waals surface area (Å²) in [7, 11) is 0. The van der Waals surface area contributed by atoms with Gasteiger partial charge in [0.2, 0.25) is 5.28 Å². The largest absolute Gasteiger partial charge is 0.364 e. The van der Waals surface area contributed by atoms with E-state index in [2.05, 4.69) is 31.2 Å². The van der Waals surface area contributed by atoms with Crippen LogP contribution in [0.3, 0.4) is 0 Å². The highest BCUT2D eigenvalue weighted by atomic mass is 79.9. The fourth-order valence-electron chi connectivity index (χ4n) is 1.09. The Balaban J connectivity index is 2.07. The van der Waals surface area contributed by atoms with E-state index < -0.39 is 0 Å². The first kappa shape index (κ1) is 12.1. The zero-order valence-electron chi connectivity index (χ0n) is 7.88. The van der Waals surface area contributed by atoms with E-state index in [1.807, 2.05) is 11.4 Å². The molecule has 0 saturated heterocycles. The van der Waals surface area contributed by atoms with E-state index in [0.29, 0.717) is 17.4 Å². The number of thiophene rings is 1. The Hall–Kier alpha value is -0.360. The Labute approximate surface area is 115 Å². The molecule has 0 bridgehead atoms. The minimum absolute atomic E-state index is 0.180. The number of hydrogen-bond donors (Lipinski definition) is 1. The zero-order valence-corrected chi connectivity index (χ0v) is 11.8. The fourth-order valence-corrected chi connectivity index (χ4v) is 2.77. The van der Waals surface area contributed by atoms with Gasteiger partial charge in [0.15, 0.2) is 0 Å².